The number of nitrogens with zero attached hydrogens (tertiary/aromatic N) is 2. The van der Waals surface area contributed by atoms with Gasteiger partial charge in [0.05, 0.1) is 43.2 Å². The van der Waals surface area contributed by atoms with Crippen molar-refractivity contribution < 1.29 is 0 Å². The van der Waals surface area contributed by atoms with Crippen molar-refractivity contribution in [3.05, 3.63) is 130 Å². The molecule has 0 radical (unpaired) electrons. The van der Waals surface area contributed by atoms with E-state index in [-0.39, 0.29) is 0 Å². The van der Waals surface area contributed by atoms with Gasteiger partial charge in [0.2, 0.25) is 0 Å². The van der Waals surface area contributed by atoms with Gasteiger partial charge in [-0.3, -0.25) is 0 Å². The molecule has 0 spiro atoms. The normalized spacial score (nSPS) is 12.9. The van der Waals surface area contributed by atoms with E-state index in [1.165, 1.54) is 75.9 Å². The third-order valence-electron chi connectivity index (χ3n) is 8.10. The van der Waals surface area contributed by atoms with Gasteiger partial charge in [0.25, 0.3) is 0 Å². The van der Waals surface area contributed by atoms with Gasteiger partial charge in [-0.05, 0) is 63.1 Å². The number of thiophene rings is 1. The SMILES string of the molecule is C/C=C(\c1sc(/C(=C\C)n2c3ccccc3c3ccccc32)c(C)c1C)n1c2ccccc2c2ccccc21. The smallest absolute Gasteiger partial charge is 0.0594 e. The van der Waals surface area contributed by atoms with Crippen LogP contribution in [0.3, 0.4) is 0 Å². The maximum Gasteiger partial charge on any atom is 0.0594 e. The van der Waals surface area contributed by atoms with Crippen molar-refractivity contribution in [2.24, 2.45) is 0 Å². The standard InChI is InChI=1S/C36H30N2S/c1-5-29(37-31-19-11-7-15-25(31)26-16-8-12-20-32(26)37)35-23(3)24(4)36(39-35)30(6-2)38-33-21-13-9-17-27(33)28-18-10-14-22-34(28)38/h5-22H,1-4H3/b29-5+,30-6+. The van der Waals surface area contributed by atoms with Crippen LogP contribution in [-0.4, -0.2) is 9.13 Å². The summed E-state index contributed by atoms with van der Waals surface area (Å²) in [6, 6.07) is 35.0. The minimum absolute atomic E-state index is 1.24. The fourth-order valence-electron chi connectivity index (χ4n) is 6.17. The van der Waals surface area contributed by atoms with Crippen LogP contribution in [0.15, 0.2) is 109 Å². The Hall–Kier alpha value is -4.34. The summed E-state index contributed by atoms with van der Waals surface area (Å²) in [6.07, 6.45) is 4.55. The zero-order valence-electron chi connectivity index (χ0n) is 22.7. The molecule has 0 saturated heterocycles. The zero-order chi connectivity index (χ0) is 26.7. The first kappa shape index (κ1) is 23.8. The summed E-state index contributed by atoms with van der Waals surface area (Å²) in [7, 11) is 0. The largest absolute Gasteiger partial charge is 0.308 e. The Morgan fingerprint density at radius 3 is 1.05 bits per heavy atom. The van der Waals surface area contributed by atoms with Gasteiger partial charge >= 0.3 is 0 Å². The lowest BCUT2D eigenvalue weighted by Gasteiger charge is -2.13. The van der Waals surface area contributed by atoms with E-state index in [0.717, 1.165) is 0 Å². The molecule has 0 aliphatic carbocycles. The molecule has 0 fully saturated rings. The van der Waals surface area contributed by atoms with Crippen molar-refractivity contribution >= 4 is 66.3 Å². The molecule has 7 aromatic rings. The van der Waals surface area contributed by atoms with Crippen LogP contribution in [0.4, 0.5) is 0 Å². The van der Waals surface area contributed by atoms with Gasteiger partial charge in [-0.15, -0.1) is 11.3 Å². The molecule has 0 saturated carbocycles. The third-order valence-corrected chi connectivity index (χ3v) is 9.54. The highest BCUT2D eigenvalue weighted by Gasteiger charge is 2.23. The molecule has 190 valence electrons. The molecule has 0 atom stereocenters. The Labute approximate surface area is 232 Å². The molecule has 0 unspecified atom stereocenters. The van der Waals surface area contributed by atoms with E-state index in [9.17, 15) is 0 Å². The van der Waals surface area contributed by atoms with E-state index in [0.29, 0.717) is 0 Å². The van der Waals surface area contributed by atoms with Gasteiger partial charge in [0.1, 0.15) is 0 Å². The maximum atomic E-state index is 2.45. The minimum atomic E-state index is 1.24. The Kier molecular flexibility index (Phi) is 5.57. The average Bonchev–Trinajstić information content (AvgIpc) is 3.60. The first-order valence-corrected chi connectivity index (χ1v) is 14.4. The summed E-state index contributed by atoms with van der Waals surface area (Å²) in [6.45, 7) is 8.88. The summed E-state index contributed by atoms with van der Waals surface area (Å²) in [5, 5.41) is 5.16. The van der Waals surface area contributed by atoms with Gasteiger partial charge in [0.15, 0.2) is 0 Å². The molecule has 0 aliphatic rings. The molecule has 0 N–H and O–H groups in total. The topological polar surface area (TPSA) is 9.86 Å². The third kappa shape index (κ3) is 3.40. The molecule has 4 aromatic carbocycles. The maximum absolute atomic E-state index is 2.45. The highest BCUT2D eigenvalue weighted by Crippen LogP contribution is 2.43. The molecule has 7 rings (SSSR count). The Morgan fingerprint density at radius 1 is 0.487 bits per heavy atom. The van der Waals surface area contributed by atoms with E-state index in [2.05, 4.69) is 146 Å². The Balaban J connectivity index is 1.47. The number of para-hydroxylation sites is 4. The van der Waals surface area contributed by atoms with Crippen LogP contribution in [0.1, 0.15) is 34.7 Å². The number of aromatic nitrogens is 2. The summed E-state index contributed by atoms with van der Waals surface area (Å²) >= 11 is 1.90. The van der Waals surface area contributed by atoms with Crippen molar-refractivity contribution in [3.8, 4) is 0 Å². The first-order valence-electron chi connectivity index (χ1n) is 13.5. The van der Waals surface area contributed by atoms with E-state index in [1.54, 1.807) is 0 Å². The second-order valence-corrected chi connectivity index (χ2v) is 11.1. The second kappa shape index (κ2) is 9.14. The highest BCUT2D eigenvalue weighted by atomic mass is 32.1. The van der Waals surface area contributed by atoms with E-state index >= 15 is 0 Å². The Bertz CT molecular complexity index is 1850. The molecule has 0 aliphatic heterocycles. The van der Waals surface area contributed by atoms with Crippen LogP contribution < -0.4 is 0 Å². The lowest BCUT2D eigenvalue weighted by molar-refractivity contribution is 1.20. The summed E-state index contributed by atoms with van der Waals surface area (Å²) < 4.78 is 4.89. The summed E-state index contributed by atoms with van der Waals surface area (Å²) in [4.78, 5) is 2.63. The number of benzene rings is 4. The molecule has 0 amide bonds. The number of hydrogen-bond acceptors (Lipinski definition) is 1. The predicted molar refractivity (Wildman–Crippen MR) is 171 cm³/mol. The van der Waals surface area contributed by atoms with Crippen molar-refractivity contribution in [3.63, 3.8) is 0 Å². The van der Waals surface area contributed by atoms with Crippen molar-refractivity contribution in [1.29, 1.82) is 0 Å². The second-order valence-electron chi connectivity index (χ2n) is 10.1. The monoisotopic (exact) mass is 522 g/mol. The summed E-state index contributed by atoms with van der Waals surface area (Å²) in [5.74, 6) is 0. The fraction of sp³-hybridized carbons (Fsp3) is 0.111. The average molecular weight is 523 g/mol. The van der Waals surface area contributed by atoms with Crippen LogP contribution >= 0.6 is 11.3 Å². The van der Waals surface area contributed by atoms with Gasteiger partial charge in [-0.1, -0.05) is 84.9 Å². The van der Waals surface area contributed by atoms with E-state index < -0.39 is 0 Å². The van der Waals surface area contributed by atoms with Crippen LogP contribution in [-0.2, 0) is 0 Å². The van der Waals surface area contributed by atoms with Gasteiger partial charge < -0.3 is 9.13 Å². The van der Waals surface area contributed by atoms with Crippen LogP contribution in [0.2, 0.25) is 0 Å². The lowest BCUT2D eigenvalue weighted by atomic mass is 10.1. The van der Waals surface area contributed by atoms with Crippen LogP contribution in [0, 0.1) is 13.8 Å². The van der Waals surface area contributed by atoms with Crippen LogP contribution in [0.5, 0.6) is 0 Å². The predicted octanol–water partition coefficient (Wildman–Crippen LogP) is 10.4. The number of fused-ring (bicyclic) bond motifs is 6. The van der Waals surface area contributed by atoms with E-state index in [4.69, 9.17) is 0 Å². The summed E-state index contributed by atoms with van der Waals surface area (Å²) in [5.41, 5.74) is 10.1. The van der Waals surface area contributed by atoms with Gasteiger partial charge in [0, 0.05) is 21.5 Å². The van der Waals surface area contributed by atoms with Gasteiger partial charge in [-0.25, -0.2) is 0 Å². The van der Waals surface area contributed by atoms with Crippen molar-refractivity contribution in [1.82, 2.24) is 9.13 Å². The lowest BCUT2D eigenvalue weighted by Crippen LogP contribution is -1.98. The molecule has 3 heteroatoms. The fourth-order valence-corrected chi connectivity index (χ4v) is 7.62. The molecular formula is C36H30N2S. The van der Waals surface area contributed by atoms with Crippen LogP contribution in [0.25, 0.3) is 55.0 Å². The zero-order valence-corrected chi connectivity index (χ0v) is 23.5. The molecule has 3 heterocycles. The van der Waals surface area contributed by atoms with Crippen molar-refractivity contribution in [2.75, 3.05) is 0 Å². The number of allylic oxidation sites excluding steroid dienone is 2. The molecule has 0 bridgehead atoms. The number of hydrogen-bond donors (Lipinski definition) is 0. The highest BCUT2D eigenvalue weighted by molar-refractivity contribution is 7.14. The minimum Gasteiger partial charge on any atom is -0.308 e. The molecule has 39 heavy (non-hydrogen) atoms. The Morgan fingerprint density at radius 2 is 0.769 bits per heavy atom. The van der Waals surface area contributed by atoms with Gasteiger partial charge in [-0.2, -0.15) is 0 Å². The van der Waals surface area contributed by atoms with E-state index in [1.807, 2.05) is 11.3 Å². The number of rotatable bonds is 4. The molecular weight excluding hydrogens is 492 g/mol. The first-order chi connectivity index (χ1) is 19.1. The van der Waals surface area contributed by atoms with Crippen molar-refractivity contribution in [2.45, 2.75) is 27.7 Å². The quantitative estimate of drug-likeness (QED) is 0.218. The molecule has 2 nitrogen and oxygen atoms in total. The molecule has 3 aromatic heterocycles.